The molecule has 40 heavy (non-hydrogen) atoms. The van der Waals surface area contributed by atoms with Gasteiger partial charge in [-0.3, -0.25) is 4.79 Å². The highest BCUT2D eigenvalue weighted by atomic mass is 16.6. The van der Waals surface area contributed by atoms with Crippen molar-refractivity contribution < 1.29 is 38.8 Å². The Hall–Kier alpha value is -2.71. The fourth-order valence-electron chi connectivity index (χ4n) is 8.56. The summed E-state index contributed by atoms with van der Waals surface area (Å²) in [5.74, 6) is -1.48. The second kappa shape index (κ2) is 9.41. The minimum Gasteiger partial charge on any atom is -0.462 e. The van der Waals surface area contributed by atoms with E-state index in [2.05, 4.69) is 13.8 Å². The van der Waals surface area contributed by atoms with Crippen LogP contribution in [0.2, 0.25) is 0 Å². The standard InChI is InChI=1S/C32H42O8/c1-17-14-24(34)27(39-28(17)36)18(2)23-16-25(38-19(3)33)31(7)22-11-13-32(37)21(8-9-26(35)40-29(32,4)5)15-20(22)10-12-30(23,31)6/h8-9,14-15,18,23-25,27,34,37H,10-13,16H2,1-7H3/t18-,23+,24?,25+,27?,30+,31+,32?/m0/s1. The predicted molar refractivity (Wildman–Crippen MR) is 147 cm³/mol. The van der Waals surface area contributed by atoms with Gasteiger partial charge in [-0.1, -0.05) is 32.4 Å². The van der Waals surface area contributed by atoms with Crippen LogP contribution in [0.25, 0.3) is 0 Å². The smallest absolute Gasteiger partial charge is 0.333 e. The monoisotopic (exact) mass is 554 g/mol. The van der Waals surface area contributed by atoms with Gasteiger partial charge in [0.2, 0.25) is 0 Å². The van der Waals surface area contributed by atoms with E-state index in [-0.39, 0.29) is 23.2 Å². The molecule has 8 atom stereocenters. The highest BCUT2D eigenvalue weighted by Gasteiger charge is 2.66. The molecule has 0 aromatic rings. The van der Waals surface area contributed by atoms with Crippen LogP contribution in [0.4, 0.5) is 0 Å². The van der Waals surface area contributed by atoms with Gasteiger partial charge in [0.1, 0.15) is 29.5 Å². The number of fused-ring (bicyclic) bond motifs is 3. The maximum absolute atomic E-state index is 12.4. The number of hydrogen-bond acceptors (Lipinski definition) is 8. The number of hydrogen-bond donors (Lipinski definition) is 2. The van der Waals surface area contributed by atoms with E-state index in [1.165, 1.54) is 13.0 Å². The first kappa shape index (κ1) is 28.8. The molecule has 218 valence electrons. The number of ether oxygens (including phenoxy) is 3. The zero-order valence-electron chi connectivity index (χ0n) is 24.6. The molecule has 1 saturated carbocycles. The molecule has 0 bridgehead atoms. The first-order valence-corrected chi connectivity index (χ1v) is 14.4. The van der Waals surface area contributed by atoms with Crippen molar-refractivity contribution in [2.24, 2.45) is 22.7 Å². The van der Waals surface area contributed by atoms with Gasteiger partial charge >= 0.3 is 17.9 Å². The van der Waals surface area contributed by atoms with Crippen LogP contribution < -0.4 is 0 Å². The SMILES string of the molecule is CC(=O)O[C@@H]1C[C@H]([C@H](C)C2OC(=O)C(C)=CC2O)[C@@]2(C)CCC3=C(CCC4(O)C(=C3)C=CC(=O)OC4(C)C)[C@]12C. The van der Waals surface area contributed by atoms with Crippen molar-refractivity contribution in [1.82, 2.24) is 0 Å². The maximum Gasteiger partial charge on any atom is 0.333 e. The van der Waals surface area contributed by atoms with Gasteiger partial charge in [-0.2, -0.15) is 0 Å². The van der Waals surface area contributed by atoms with E-state index in [1.54, 1.807) is 32.9 Å². The molecule has 0 aromatic carbocycles. The van der Waals surface area contributed by atoms with Crippen molar-refractivity contribution in [3.8, 4) is 0 Å². The molecule has 8 nitrogen and oxygen atoms in total. The van der Waals surface area contributed by atoms with Gasteiger partial charge in [-0.05, 0) is 93.4 Å². The molecule has 8 heteroatoms. The van der Waals surface area contributed by atoms with Gasteiger partial charge in [-0.15, -0.1) is 0 Å². The summed E-state index contributed by atoms with van der Waals surface area (Å²) in [5, 5.41) is 22.9. The molecular weight excluding hydrogens is 512 g/mol. The number of carbonyl (C=O) groups excluding carboxylic acids is 3. The Morgan fingerprint density at radius 2 is 1.82 bits per heavy atom. The molecular formula is C32H42O8. The molecule has 1 fully saturated rings. The average Bonchev–Trinajstić information content (AvgIpc) is 2.94. The minimum atomic E-state index is -1.40. The van der Waals surface area contributed by atoms with Crippen LogP contribution in [-0.2, 0) is 28.6 Å². The molecule has 0 saturated heterocycles. The molecule has 3 aliphatic carbocycles. The van der Waals surface area contributed by atoms with Gasteiger partial charge in [0.15, 0.2) is 0 Å². The molecule has 0 radical (unpaired) electrons. The summed E-state index contributed by atoms with van der Waals surface area (Å²) < 4.78 is 17.5. The summed E-state index contributed by atoms with van der Waals surface area (Å²) in [7, 11) is 0. The van der Waals surface area contributed by atoms with E-state index in [9.17, 15) is 24.6 Å². The lowest BCUT2D eigenvalue weighted by molar-refractivity contribution is -0.173. The van der Waals surface area contributed by atoms with Crippen LogP contribution in [0.3, 0.4) is 0 Å². The van der Waals surface area contributed by atoms with Crippen molar-refractivity contribution in [3.05, 3.63) is 46.6 Å². The molecule has 0 amide bonds. The lowest BCUT2D eigenvalue weighted by atomic mass is 9.52. The highest BCUT2D eigenvalue weighted by Crippen LogP contribution is 2.69. The lowest BCUT2D eigenvalue weighted by Gasteiger charge is -2.53. The summed E-state index contributed by atoms with van der Waals surface area (Å²) in [6.45, 7) is 13.0. The van der Waals surface area contributed by atoms with Gasteiger partial charge in [0.25, 0.3) is 0 Å². The summed E-state index contributed by atoms with van der Waals surface area (Å²) in [4.78, 5) is 37.1. The third-order valence-electron chi connectivity index (χ3n) is 11.1. The Bertz CT molecular complexity index is 1270. The van der Waals surface area contributed by atoms with Crippen LogP contribution in [0, 0.1) is 22.7 Å². The van der Waals surface area contributed by atoms with E-state index >= 15 is 0 Å². The molecule has 0 spiro atoms. The summed E-state index contributed by atoms with van der Waals surface area (Å²) >= 11 is 0. The zero-order valence-corrected chi connectivity index (χ0v) is 24.6. The van der Waals surface area contributed by atoms with Gasteiger partial charge < -0.3 is 24.4 Å². The summed E-state index contributed by atoms with van der Waals surface area (Å²) in [6.07, 6.45) is 7.54. The Kier molecular flexibility index (Phi) is 6.78. The highest BCUT2D eigenvalue weighted by molar-refractivity contribution is 5.89. The number of esters is 3. The van der Waals surface area contributed by atoms with Crippen molar-refractivity contribution in [2.75, 3.05) is 0 Å². The Morgan fingerprint density at radius 1 is 1.12 bits per heavy atom. The first-order chi connectivity index (χ1) is 18.5. The maximum atomic E-state index is 12.4. The fraction of sp³-hybridized carbons (Fsp3) is 0.656. The average molecular weight is 555 g/mol. The summed E-state index contributed by atoms with van der Waals surface area (Å²) in [6, 6.07) is 0. The zero-order chi connectivity index (χ0) is 29.4. The van der Waals surface area contributed by atoms with E-state index in [0.29, 0.717) is 30.4 Å². The van der Waals surface area contributed by atoms with Crippen LogP contribution in [0.1, 0.15) is 80.6 Å². The molecule has 2 heterocycles. The number of rotatable bonds is 3. The van der Waals surface area contributed by atoms with Crippen LogP contribution in [-0.4, -0.2) is 57.6 Å². The molecule has 2 N–H and O–H groups in total. The lowest BCUT2D eigenvalue weighted by Crippen LogP contribution is -2.53. The molecule has 3 unspecified atom stereocenters. The van der Waals surface area contributed by atoms with E-state index < -0.39 is 46.9 Å². The van der Waals surface area contributed by atoms with E-state index in [4.69, 9.17) is 14.2 Å². The number of aliphatic hydroxyl groups excluding tert-OH is 1. The molecule has 5 aliphatic rings. The fourth-order valence-corrected chi connectivity index (χ4v) is 8.56. The van der Waals surface area contributed by atoms with Crippen molar-refractivity contribution >= 4 is 17.9 Å². The van der Waals surface area contributed by atoms with Gasteiger partial charge in [-0.25, -0.2) is 9.59 Å². The normalized spacial score (nSPS) is 41.2. The third kappa shape index (κ3) is 4.04. The topological polar surface area (TPSA) is 119 Å². The van der Waals surface area contributed by atoms with Crippen molar-refractivity contribution in [2.45, 2.75) is 110 Å². The predicted octanol–water partition coefficient (Wildman–Crippen LogP) is 4.25. The number of carbonyl (C=O) groups is 3. The quantitative estimate of drug-likeness (QED) is 0.393. The second-order valence-electron chi connectivity index (χ2n) is 13.4. The minimum absolute atomic E-state index is 0.0167. The van der Waals surface area contributed by atoms with Crippen LogP contribution >= 0.6 is 0 Å². The van der Waals surface area contributed by atoms with Gasteiger partial charge in [0.05, 0.1) is 0 Å². The number of aliphatic hydroxyl groups is 2. The van der Waals surface area contributed by atoms with Gasteiger partial charge in [0, 0.05) is 24.0 Å². The van der Waals surface area contributed by atoms with Crippen molar-refractivity contribution in [1.29, 1.82) is 0 Å². The van der Waals surface area contributed by atoms with E-state index in [1.807, 2.05) is 13.0 Å². The Labute approximate surface area is 236 Å². The molecule has 2 aliphatic heterocycles. The molecule has 5 rings (SSSR count). The van der Waals surface area contributed by atoms with E-state index in [0.717, 1.165) is 24.0 Å². The van der Waals surface area contributed by atoms with Crippen LogP contribution in [0.15, 0.2) is 46.6 Å². The summed E-state index contributed by atoms with van der Waals surface area (Å²) in [5.41, 5.74) is -0.182. The molecule has 0 aromatic heterocycles. The second-order valence-corrected chi connectivity index (χ2v) is 13.4. The Morgan fingerprint density at radius 3 is 2.50 bits per heavy atom. The van der Waals surface area contributed by atoms with Crippen molar-refractivity contribution in [3.63, 3.8) is 0 Å². The number of cyclic esters (lactones) is 2. The number of allylic oxidation sites excluding steroid dienone is 2. The third-order valence-corrected chi connectivity index (χ3v) is 11.1. The largest absolute Gasteiger partial charge is 0.462 e. The Balaban J connectivity index is 1.59. The first-order valence-electron chi connectivity index (χ1n) is 14.4. The van der Waals surface area contributed by atoms with Crippen LogP contribution in [0.5, 0.6) is 0 Å².